The topological polar surface area (TPSA) is 0 Å². The fraction of sp³-hybridized carbons (Fsp3) is 0.556. The number of hydrogen-bond acceptors (Lipinski definition) is 0. The average Bonchev–Trinajstić information content (AvgIpc) is 2.13. The van der Waals surface area contributed by atoms with Gasteiger partial charge in [0.2, 0.25) is 0 Å². The Morgan fingerprint density at radius 2 is 2.33 bits per heavy atom. The number of rotatable bonds is 0. The van der Waals surface area contributed by atoms with Crippen molar-refractivity contribution in [3.05, 3.63) is 23.8 Å². The van der Waals surface area contributed by atoms with E-state index in [1.165, 1.54) is 31.3 Å². The molecule has 1 rings (SSSR count). The molecule has 1 aliphatic carbocycles. The Kier molecular flexibility index (Phi) is 2.56. The van der Waals surface area contributed by atoms with Gasteiger partial charge in [0, 0.05) is 0 Å². The van der Waals surface area contributed by atoms with E-state index in [9.17, 15) is 0 Å². The van der Waals surface area contributed by atoms with Gasteiger partial charge in [-0.2, -0.15) is 0 Å². The maximum atomic E-state index is 2.28. The first-order valence-electron chi connectivity index (χ1n) is 3.75. The van der Waals surface area contributed by atoms with Crippen LogP contribution in [0.5, 0.6) is 0 Å². The minimum Gasteiger partial charge on any atom is -0.0845 e. The molecule has 9 heavy (non-hydrogen) atoms. The quantitative estimate of drug-likeness (QED) is 0.463. The molecule has 0 amide bonds. The van der Waals surface area contributed by atoms with Crippen LogP contribution in [0.15, 0.2) is 23.8 Å². The van der Waals surface area contributed by atoms with Crippen molar-refractivity contribution in [1.29, 1.82) is 0 Å². The zero-order chi connectivity index (χ0) is 6.53. The summed E-state index contributed by atoms with van der Waals surface area (Å²) in [6.07, 6.45) is 12.0. The lowest BCUT2D eigenvalue weighted by Gasteiger charge is -1.93. The molecule has 0 aromatic heterocycles. The smallest absolute Gasteiger partial charge is 0.0282 e. The maximum Gasteiger partial charge on any atom is -0.0282 e. The van der Waals surface area contributed by atoms with Gasteiger partial charge in [0.1, 0.15) is 0 Å². The van der Waals surface area contributed by atoms with E-state index >= 15 is 0 Å². The zero-order valence-corrected chi connectivity index (χ0v) is 6.06. The van der Waals surface area contributed by atoms with Crippen LogP contribution in [0, 0.1) is 0 Å². The Morgan fingerprint density at radius 1 is 1.44 bits per heavy atom. The normalized spacial score (nSPS) is 24.3. The van der Waals surface area contributed by atoms with Crippen LogP contribution in [0.4, 0.5) is 0 Å². The van der Waals surface area contributed by atoms with Crippen LogP contribution in [0.2, 0.25) is 0 Å². The molecule has 0 aliphatic heterocycles. The Bertz CT molecular complexity index is 129. The third-order valence-electron chi connectivity index (χ3n) is 1.79. The number of allylic oxidation sites excluding steroid dienone is 4. The van der Waals surface area contributed by atoms with E-state index in [0.29, 0.717) is 0 Å². The first-order chi connectivity index (χ1) is 4.43. The molecule has 0 aromatic rings. The molecule has 0 N–H and O–H groups in total. The minimum atomic E-state index is 1.28. The fourth-order valence-corrected chi connectivity index (χ4v) is 1.15. The highest BCUT2D eigenvalue weighted by molar-refractivity contribution is 5.18. The molecule has 0 spiro atoms. The molecule has 0 saturated heterocycles. The maximum absolute atomic E-state index is 2.28. The van der Waals surface area contributed by atoms with Crippen LogP contribution >= 0.6 is 0 Å². The van der Waals surface area contributed by atoms with E-state index in [2.05, 4.69) is 25.2 Å². The summed E-state index contributed by atoms with van der Waals surface area (Å²) >= 11 is 0. The Hall–Kier alpha value is -0.520. The van der Waals surface area contributed by atoms with Crippen molar-refractivity contribution in [2.75, 3.05) is 0 Å². The molecule has 0 radical (unpaired) electrons. The van der Waals surface area contributed by atoms with Gasteiger partial charge in [0.15, 0.2) is 0 Å². The van der Waals surface area contributed by atoms with Crippen molar-refractivity contribution in [3.8, 4) is 0 Å². The minimum absolute atomic E-state index is 1.28. The van der Waals surface area contributed by atoms with Gasteiger partial charge < -0.3 is 0 Å². The summed E-state index contributed by atoms with van der Waals surface area (Å²) in [5.41, 5.74) is 1.51. The molecule has 0 aromatic carbocycles. The standard InChI is InChI=1S/C9H14/c1-2-9-7-5-3-4-6-8-9/h2,5,7H,3-4,6,8H2,1H3. The second kappa shape index (κ2) is 3.49. The van der Waals surface area contributed by atoms with Gasteiger partial charge in [0.05, 0.1) is 0 Å². The van der Waals surface area contributed by atoms with Crippen LogP contribution in [0.25, 0.3) is 0 Å². The third-order valence-corrected chi connectivity index (χ3v) is 1.79. The highest BCUT2D eigenvalue weighted by atomic mass is 14.0. The summed E-state index contributed by atoms with van der Waals surface area (Å²) in [5.74, 6) is 0. The molecule has 0 unspecified atom stereocenters. The van der Waals surface area contributed by atoms with E-state index < -0.39 is 0 Å². The van der Waals surface area contributed by atoms with Crippen molar-refractivity contribution in [2.24, 2.45) is 0 Å². The van der Waals surface area contributed by atoms with Crippen molar-refractivity contribution in [3.63, 3.8) is 0 Å². The first-order valence-corrected chi connectivity index (χ1v) is 3.75. The molecule has 0 heteroatoms. The third kappa shape index (κ3) is 2.05. The second-order valence-electron chi connectivity index (χ2n) is 2.51. The van der Waals surface area contributed by atoms with Gasteiger partial charge in [-0.25, -0.2) is 0 Å². The second-order valence-corrected chi connectivity index (χ2v) is 2.51. The van der Waals surface area contributed by atoms with Gasteiger partial charge in [0.25, 0.3) is 0 Å². The monoisotopic (exact) mass is 122 g/mol. The summed E-state index contributed by atoms with van der Waals surface area (Å²) in [6, 6.07) is 0. The van der Waals surface area contributed by atoms with Crippen LogP contribution in [0.1, 0.15) is 32.6 Å². The van der Waals surface area contributed by atoms with Gasteiger partial charge in [-0.1, -0.05) is 23.8 Å². The molecule has 50 valence electrons. The molecule has 0 nitrogen and oxygen atoms in total. The van der Waals surface area contributed by atoms with E-state index in [4.69, 9.17) is 0 Å². The molecule has 0 atom stereocenters. The number of hydrogen-bond donors (Lipinski definition) is 0. The Morgan fingerprint density at radius 3 is 3.11 bits per heavy atom. The van der Waals surface area contributed by atoms with Gasteiger partial charge in [-0.3, -0.25) is 0 Å². The van der Waals surface area contributed by atoms with Gasteiger partial charge in [-0.15, -0.1) is 0 Å². The molecular weight excluding hydrogens is 108 g/mol. The van der Waals surface area contributed by atoms with Crippen molar-refractivity contribution >= 4 is 0 Å². The van der Waals surface area contributed by atoms with Crippen molar-refractivity contribution in [2.45, 2.75) is 32.6 Å². The molecule has 0 saturated carbocycles. The lowest BCUT2D eigenvalue weighted by atomic mass is 10.1. The highest BCUT2D eigenvalue weighted by Crippen LogP contribution is 2.14. The summed E-state index contributed by atoms with van der Waals surface area (Å²) < 4.78 is 0. The summed E-state index contributed by atoms with van der Waals surface area (Å²) in [7, 11) is 0. The van der Waals surface area contributed by atoms with Crippen LogP contribution in [-0.2, 0) is 0 Å². The molecule has 0 fully saturated rings. The molecule has 0 bridgehead atoms. The Labute approximate surface area is 57.3 Å². The predicted molar refractivity (Wildman–Crippen MR) is 41.4 cm³/mol. The summed E-state index contributed by atoms with van der Waals surface area (Å²) in [5, 5.41) is 0. The van der Waals surface area contributed by atoms with E-state index in [1.54, 1.807) is 0 Å². The lowest BCUT2D eigenvalue weighted by Crippen LogP contribution is -1.74. The molecule has 1 aliphatic rings. The molecule has 0 heterocycles. The van der Waals surface area contributed by atoms with E-state index in [0.717, 1.165) is 0 Å². The Balaban J connectivity index is 2.52. The fourth-order valence-electron chi connectivity index (χ4n) is 1.15. The SMILES string of the molecule is CC=C1C=CCCCC1. The summed E-state index contributed by atoms with van der Waals surface area (Å²) in [6.45, 7) is 2.12. The average molecular weight is 122 g/mol. The van der Waals surface area contributed by atoms with Crippen LogP contribution in [-0.4, -0.2) is 0 Å². The summed E-state index contributed by atoms with van der Waals surface area (Å²) in [4.78, 5) is 0. The molecular formula is C9H14. The largest absolute Gasteiger partial charge is 0.0845 e. The zero-order valence-electron chi connectivity index (χ0n) is 6.06. The highest BCUT2D eigenvalue weighted by Gasteiger charge is 1.95. The van der Waals surface area contributed by atoms with E-state index in [1.807, 2.05) is 0 Å². The van der Waals surface area contributed by atoms with E-state index in [-0.39, 0.29) is 0 Å². The lowest BCUT2D eigenvalue weighted by molar-refractivity contribution is 0.765. The predicted octanol–water partition coefficient (Wildman–Crippen LogP) is 3.06. The van der Waals surface area contributed by atoms with Gasteiger partial charge in [-0.05, 0) is 32.6 Å². The van der Waals surface area contributed by atoms with Crippen LogP contribution < -0.4 is 0 Å². The van der Waals surface area contributed by atoms with Gasteiger partial charge >= 0.3 is 0 Å². The van der Waals surface area contributed by atoms with Crippen molar-refractivity contribution in [1.82, 2.24) is 0 Å². The first kappa shape index (κ1) is 6.60. The van der Waals surface area contributed by atoms with Crippen LogP contribution in [0.3, 0.4) is 0 Å². The van der Waals surface area contributed by atoms with Crippen molar-refractivity contribution < 1.29 is 0 Å².